The van der Waals surface area contributed by atoms with E-state index in [1.165, 1.54) is 19.9 Å². The van der Waals surface area contributed by atoms with Crippen molar-refractivity contribution < 1.29 is 24.4 Å². The van der Waals surface area contributed by atoms with Gasteiger partial charge in [-0.25, -0.2) is 9.59 Å². The van der Waals surface area contributed by atoms with Crippen LogP contribution in [0.4, 0.5) is 5.69 Å². The molecule has 0 saturated heterocycles. The van der Waals surface area contributed by atoms with Gasteiger partial charge in [-0.05, 0) is 19.9 Å². The minimum Gasteiger partial charge on any atom is -0.478 e. The van der Waals surface area contributed by atoms with Crippen LogP contribution in [0.1, 0.15) is 24.2 Å². The van der Waals surface area contributed by atoms with Crippen LogP contribution >= 0.6 is 11.6 Å². The van der Waals surface area contributed by atoms with Gasteiger partial charge in [0.05, 0.1) is 15.5 Å². The predicted octanol–water partition coefficient (Wildman–Crippen LogP) is 2.27. The highest BCUT2D eigenvalue weighted by Crippen LogP contribution is 2.24. The number of rotatable bonds is 4. The average Bonchev–Trinajstić information content (AvgIpc) is 2.28. The van der Waals surface area contributed by atoms with Crippen LogP contribution in [0.15, 0.2) is 18.2 Å². The Kier molecular flexibility index (Phi) is 4.10. The molecular formula is C11H10ClNO6. The first-order chi connectivity index (χ1) is 8.65. The van der Waals surface area contributed by atoms with Crippen LogP contribution in [0, 0.1) is 10.1 Å². The van der Waals surface area contributed by atoms with E-state index >= 15 is 0 Å². The van der Waals surface area contributed by atoms with Crippen molar-refractivity contribution in [1.82, 2.24) is 0 Å². The molecule has 0 radical (unpaired) electrons. The number of nitro groups is 1. The van der Waals surface area contributed by atoms with Crippen molar-refractivity contribution in [2.75, 3.05) is 0 Å². The Bertz CT molecular complexity index is 554. The zero-order valence-corrected chi connectivity index (χ0v) is 10.8. The first-order valence-corrected chi connectivity index (χ1v) is 5.43. The van der Waals surface area contributed by atoms with Gasteiger partial charge < -0.3 is 9.84 Å². The normalized spacial score (nSPS) is 10.9. The number of esters is 1. The third kappa shape index (κ3) is 3.41. The Hall–Kier alpha value is -2.15. The summed E-state index contributed by atoms with van der Waals surface area (Å²) in [5.74, 6) is -2.39. The lowest BCUT2D eigenvalue weighted by Gasteiger charge is -2.20. The number of carbonyl (C=O) groups is 2. The standard InChI is InChI=1S/C11H10ClNO6/c1-11(2,10(15)16)19-9(14)7-5-6(13(17)18)3-4-8(7)12/h3-5H,1-2H3,(H,15,16). The Balaban J connectivity index is 3.09. The number of carbonyl (C=O) groups excluding carboxylic acids is 1. The molecule has 1 rings (SSSR count). The summed E-state index contributed by atoms with van der Waals surface area (Å²) >= 11 is 5.73. The predicted molar refractivity (Wildman–Crippen MR) is 65.2 cm³/mol. The monoisotopic (exact) mass is 287 g/mol. The summed E-state index contributed by atoms with van der Waals surface area (Å²) in [4.78, 5) is 32.5. The van der Waals surface area contributed by atoms with Crippen LogP contribution in [-0.2, 0) is 9.53 Å². The molecule has 0 aliphatic rings. The number of nitrogens with zero attached hydrogens (tertiary/aromatic N) is 1. The molecular weight excluding hydrogens is 278 g/mol. The molecule has 0 aliphatic heterocycles. The number of halogens is 1. The fraction of sp³-hybridized carbons (Fsp3) is 0.273. The van der Waals surface area contributed by atoms with Crippen molar-refractivity contribution in [3.63, 3.8) is 0 Å². The molecule has 0 fully saturated rings. The van der Waals surface area contributed by atoms with Crippen molar-refractivity contribution in [2.24, 2.45) is 0 Å². The Morgan fingerprint density at radius 3 is 2.47 bits per heavy atom. The van der Waals surface area contributed by atoms with Crippen LogP contribution in [0.3, 0.4) is 0 Å². The summed E-state index contributed by atoms with van der Waals surface area (Å²) in [7, 11) is 0. The third-order valence-electron chi connectivity index (χ3n) is 2.24. The zero-order chi connectivity index (χ0) is 14.8. The summed E-state index contributed by atoms with van der Waals surface area (Å²) in [5.41, 5.74) is -2.36. The molecule has 19 heavy (non-hydrogen) atoms. The molecule has 0 spiro atoms. The van der Waals surface area contributed by atoms with Gasteiger partial charge in [0, 0.05) is 12.1 Å². The number of carboxylic acid groups (broad SMARTS) is 1. The van der Waals surface area contributed by atoms with E-state index in [-0.39, 0.29) is 16.3 Å². The molecule has 1 aromatic carbocycles. The Labute approximate surface area is 112 Å². The summed E-state index contributed by atoms with van der Waals surface area (Å²) < 4.78 is 4.76. The SMILES string of the molecule is CC(C)(OC(=O)c1cc([N+](=O)[O-])ccc1Cl)C(=O)O. The van der Waals surface area contributed by atoms with Gasteiger partial charge in [-0.2, -0.15) is 0 Å². The van der Waals surface area contributed by atoms with E-state index in [4.69, 9.17) is 21.4 Å². The molecule has 0 amide bonds. The first-order valence-electron chi connectivity index (χ1n) is 5.06. The molecule has 7 nitrogen and oxygen atoms in total. The second-order valence-electron chi connectivity index (χ2n) is 4.13. The molecule has 0 bridgehead atoms. The molecule has 0 aliphatic carbocycles. The largest absolute Gasteiger partial charge is 0.478 e. The smallest absolute Gasteiger partial charge is 0.347 e. The second-order valence-corrected chi connectivity index (χ2v) is 4.53. The van der Waals surface area contributed by atoms with Crippen LogP contribution in [0.25, 0.3) is 0 Å². The fourth-order valence-corrected chi connectivity index (χ4v) is 1.31. The maximum absolute atomic E-state index is 11.8. The summed E-state index contributed by atoms with van der Waals surface area (Å²) in [6.07, 6.45) is 0. The van der Waals surface area contributed by atoms with Gasteiger partial charge in [-0.3, -0.25) is 10.1 Å². The summed E-state index contributed by atoms with van der Waals surface area (Å²) in [6, 6.07) is 3.23. The van der Waals surface area contributed by atoms with Crippen molar-refractivity contribution >= 4 is 29.2 Å². The van der Waals surface area contributed by atoms with Crippen LogP contribution < -0.4 is 0 Å². The molecule has 0 saturated carbocycles. The topological polar surface area (TPSA) is 107 Å². The highest BCUT2D eigenvalue weighted by Gasteiger charge is 2.33. The molecule has 1 aromatic rings. The van der Waals surface area contributed by atoms with E-state index < -0.39 is 22.5 Å². The first kappa shape index (κ1) is 14.9. The number of benzene rings is 1. The van der Waals surface area contributed by atoms with E-state index in [1.807, 2.05) is 0 Å². The molecule has 0 heterocycles. The average molecular weight is 288 g/mol. The molecule has 8 heteroatoms. The van der Waals surface area contributed by atoms with Gasteiger partial charge in [0.15, 0.2) is 0 Å². The van der Waals surface area contributed by atoms with E-state index in [2.05, 4.69) is 0 Å². The molecule has 0 aromatic heterocycles. The number of hydrogen-bond acceptors (Lipinski definition) is 5. The van der Waals surface area contributed by atoms with Crippen molar-refractivity contribution in [3.05, 3.63) is 38.9 Å². The van der Waals surface area contributed by atoms with Crippen molar-refractivity contribution in [3.8, 4) is 0 Å². The van der Waals surface area contributed by atoms with Crippen LogP contribution in [0.2, 0.25) is 5.02 Å². The van der Waals surface area contributed by atoms with E-state index in [1.54, 1.807) is 0 Å². The number of ether oxygens (including phenoxy) is 1. The van der Waals surface area contributed by atoms with Crippen LogP contribution in [0.5, 0.6) is 0 Å². The molecule has 0 unspecified atom stereocenters. The molecule has 1 N–H and O–H groups in total. The van der Waals surface area contributed by atoms with Gasteiger partial charge in [0.25, 0.3) is 5.69 Å². The van der Waals surface area contributed by atoms with E-state index in [0.29, 0.717) is 0 Å². The van der Waals surface area contributed by atoms with E-state index in [9.17, 15) is 19.7 Å². The van der Waals surface area contributed by atoms with Gasteiger partial charge in [-0.1, -0.05) is 11.6 Å². The molecule has 0 atom stereocenters. The Morgan fingerprint density at radius 2 is 2.00 bits per heavy atom. The fourth-order valence-electron chi connectivity index (χ4n) is 1.11. The lowest BCUT2D eigenvalue weighted by Crippen LogP contribution is -2.37. The van der Waals surface area contributed by atoms with Crippen LogP contribution in [-0.4, -0.2) is 27.6 Å². The third-order valence-corrected chi connectivity index (χ3v) is 2.57. The number of carboxylic acids is 1. The summed E-state index contributed by atoms with van der Waals surface area (Å²) in [6.45, 7) is 2.36. The van der Waals surface area contributed by atoms with Gasteiger partial charge in [0.2, 0.25) is 5.60 Å². The van der Waals surface area contributed by atoms with E-state index in [0.717, 1.165) is 12.1 Å². The van der Waals surface area contributed by atoms with Crippen molar-refractivity contribution in [1.29, 1.82) is 0 Å². The minimum absolute atomic E-state index is 0.0585. The highest BCUT2D eigenvalue weighted by atomic mass is 35.5. The minimum atomic E-state index is -1.76. The second kappa shape index (κ2) is 5.23. The Morgan fingerprint density at radius 1 is 1.42 bits per heavy atom. The quantitative estimate of drug-likeness (QED) is 0.517. The van der Waals surface area contributed by atoms with Crippen molar-refractivity contribution in [2.45, 2.75) is 19.4 Å². The number of aliphatic carboxylic acids is 1. The lowest BCUT2D eigenvalue weighted by molar-refractivity contribution is -0.384. The maximum Gasteiger partial charge on any atom is 0.347 e. The van der Waals surface area contributed by atoms with Gasteiger partial charge in [-0.15, -0.1) is 0 Å². The summed E-state index contributed by atoms with van der Waals surface area (Å²) in [5, 5.41) is 19.4. The molecule has 102 valence electrons. The number of nitro benzene ring substituents is 1. The number of hydrogen-bond donors (Lipinski definition) is 1. The lowest BCUT2D eigenvalue weighted by atomic mass is 10.1. The zero-order valence-electron chi connectivity index (χ0n) is 10.0. The maximum atomic E-state index is 11.8. The number of non-ortho nitro benzene ring substituents is 1. The highest BCUT2D eigenvalue weighted by molar-refractivity contribution is 6.33. The van der Waals surface area contributed by atoms with Gasteiger partial charge >= 0.3 is 11.9 Å². The van der Waals surface area contributed by atoms with Gasteiger partial charge in [0.1, 0.15) is 0 Å².